The van der Waals surface area contributed by atoms with E-state index in [-0.39, 0.29) is 12.6 Å². The van der Waals surface area contributed by atoms with E-state index in [9.17, 15) is 13.2 Å². The van der Waals surface area contributed by atoms with Crippen molar-refractivity contribution in [3.8, 4) is 5.75 Å². The summed E-state index contributed by atoms with van der Waals surface area (Å²) >= 11 is 0. The van der Waals surface area contributed by atoms with Crippen LogP contribution in [0.2, 0.25) is 0 Å². The number of aryl methyl sites for hydroxylation is 2. The van der Waals surface area contributed by atoms with Gasteiger partial charge in [-0.2, -0.15) is 5.10 Å². The molecule has 2 rings (SSSR count). The number of hydrazone groups is 1. The molecule has 1 N–H and O–H groups in total. The summed E-state index contributed by atoms with van der Waals surface area (Å²) in [6.45, 7) is 7.15. The highest BCUT2D eigenvalue weighted by Crippen LogP contribution is 2.26. The van der Waals surface area contributed by atoms with Crippen LogP contribution in [0.25, 0.3) is 0 Å². The van der Waals surface area contributed by atoms with Crippen molar-refractivity contribution >= 4 is 27.8 Å². The number of nitrogens with zero attached hydrogens (tertiary/aromatic N) is 2. The van der Waals surface area contributed by atoms with Gasteiger partial charge in [0.25, 0.3) is 5.91 Å². The minimum absolute atomic E-state index is 0.0866. The van der Waals surface area contributed by atoms with E-state index in [2.05, 4.69) is 10.5 Å². The summed E-state index contributed by atoms with van der Waals surface area (Å²) in [7, 11) is -3.64. The average molecular weight is 418 g/mol. The topological polar surface area (TPSA) is 88.1 Å². The minimum atomic E-state index is -3.64. The lowest BCUT2D eigenvalue weighted by Crippen LogP contribution is -2.39. The van der Waals surface area contributed by atoms with Crippen molar-refractivity contribution in [3.05, 3.63) is 59.2 Å². The first-order chi connectivity index (χ1) is 13.6. The predicted octanol–water partition coefficient (Wildman–Crippen LogP) is 3.01. The highest BCUT2D eigenvalue weighted by atomic mass is 32.2. The monoisotopic (exact) mass is 417 g/mol. The van der Waals surface area contributed by atoms with Crippen molar-refractivity contribution in [2.45, 2.75) is 33.8 Å². The van der Waals surface area contributed by atoms with Gasteiger partial charge >= 0.3 is 0 Å². The second-order valence-electron chi connectivity index (χ2n) is 7.04. The van der Waals surface area contributed by atoms with E-state index in [1.165, 1.54) is 6.21 Å². The third-order valence-corrected chi connectivity index (χ3v) is 5.14. The Morgan fingerprint density at radius 2 is 1.72 bits per heavy atom. The van der Waals surface area contributed by atoms with Crippen molar-refractivity contribution in [1.82, 2.24) is 5.43 Å². The lowest BCUT2D eigenvalue weighted by molar-refractivity contribution is -0.119. The van der Waals surface area contributed by atoms with Crippen molar-refractivity contribution in [3.63, 3.8) is 0 Å². The molecule has 1 amide bonds. The van der Waals surface area contributed by atoms with Gasteiger partial charge < -0.3 is 4.74 Å². The summed E-state index contributed by atoms with van der Waals surface area (Å²) in [5.41, 5.74) is 5.21. The van der Waals surface area contributed by atoms with Gasteiger partial charge in [0.1, 0.15) is 12.3 Å². The Bertz CT molecular complexity index is 963. The fourth-order valence-corrected chi connectivity index (χ4v) is 3.78. The fourth-order valence-electron chi connectivity index (χ4n) is 2.81. The maximum atomic E-state index is 12.3. The van der Waals surface area contributed by atoms with Crippen LogP contribution < -0.4 is 14.5 Å². The molecular formula is C21H27N3O4S. The first-order valence-electron chi connectivity index (χ1n) is 9.20. The maximum Gasteiger partial charge on any atom is 0.260 e. The van der Waals surface area contributed by atoms with Crippen LogP contribution in [0.3, 0.4) is 0 Å². The van der Waals surface area contributed by atoms with Crippen LogP contribution in [0.15, 0.2) is 47.6 Å². The van der Waals surface area contributed by atoms with Crippen LogP contribution in [-0.4, -0.2) is 39.4 Å². The van der Waals surface area contributed by atoms with Gasteiger partial charge in [0.2, 0.25) is 10.0 Å². The molecule has 0 bridgehead atoms. The van der Waals surface area contributed by atoms with E-state index >= 15 is 0 Å². The number of benzene rings is 2. The molecule has 8 heteroatoms. The molecule has 0 unspecified atom stereocenters. The molecule has 0 spiro atoms. The second-order valence-corrected chi connectivity index (χ2v) is 8.95. The largest absolute Gasteiger partial charge is 0.491 e. The molecular weight excluding hydrogens is 390 g/mol. The van der Waals surface area contributed by atoms with Crippen LogP contribution in [0.4, 0.5) is 5.69 Å². The lowest BCUT2D eigenvalue weighted by atomic mass is 10.1. The molecule has 0 saturated heterocycles. The summed E-state index contributed by atoms with van der Waals surface area (Å²) in [6.07, 6.45) is 2.65. The summed E-state index contributed by atoms with van der Waals surface area (Å²) in [5.74, 6) is 0.215. The van der Waals surface area contributed by atoms with Crippen molar-refractivity contribution in [1.29, 1.82) is 0 Å². The third kappa shape index (κ3) is 6.60. The van der Waals surface area contributed by atoms with Gasteiger partial charge in [-0.3, -0.25) is 9.10 Å². The molecule has 0 aliphatic heterocycles. The quantitative estimate of drug-likeness (QED) is 0.528. The molecule has 0 fully saturated rings. The zero-order valence-electron chi connectivity index (χ0n) is 17.3. The van der Waals surface area contributed by atoms with E-state index in [0.29, 0.717) is 5.69 Å². The number of para-hydroxylation sites is 1. The van der Waals surface area contributed by atoms with E-state index in [1.807, 2.05) is 70.2 Å². The van der Waals surface area contributed by atoms with E-state index in [4.69, 9.17) is 4.74 Å². The van der Waals surface area contributed by atoms with Gasteiger partial charge in [-0.1, -0.05) is 18.2 Å². The van der Waals surface area contributed by atoms with Crippen LogP contribution in [0.5, 0.6) is 5.75 Å². The summed E-state index contributed by atoms with van der Waals surface area (Å²) in [5, 5.41) is 3.92. The first kappa shape index (κ1) is 22.4. The number of hydrogen-bond acceptors (Lipinski definition) is 5. The van der Waals surface area contributed by atoms with Gasteiger partial charge in [0, 0.05) is 0 Å². The Hall–Kier alpha value is -2.87. The smallest absolute Gasteiger partial charge is 0.260 e. The number of hydrogen-bond donors (Lipinski definition) is 1. The maximum absolute atomic E-state index is 12.3. The standard InChI is InChI=1S/C21H27N3O4S/c1-15(2)28-19-11-9-18(10-12-19)13-22-23-20(25)14-24(29(5,26)27)21-16(3)7-6-8-17(21)4/h6-13,15H,14H2,1-5H3,(H,23,25)/b22-13-. The first-order valence-corrected chi connectivity index (χ1v) is 11.1. The number of sulfonamides is 1. The molecule has 0 radical (unpaired) electrons. The van der Waals surface area contributed by atoms with E-state index in [1.54, 1.807) is 0 Å². The molecule has 0 aliphatic carbocycles. The average Bonchev–Trinajstić information content (AvgIpc) is 2.61. The Kier molecular flexibility index (Phi) is 7.39. The van der Waals surface area contributed by atoms with Gasteiger partial charge in [-0.05, 0) is 68.7 Å². The van der Waals surface area contributed by atoms with Crippen molar-refractivity contribution in [2.24, 2.45) is 5.10 Å². The molecule has 2 aromatic rings. The number of ether oxygens (including phenoxy) is 1. The van der Waals surface area contributed by atoms with Gasteiger partial charge in [-0.25, -0.2) is 13.8 Å². The minimum Gasteiger partial charge on any atom is -0.491 e. The number of carbonyl (C=O) groups excluding carboxylic acids is 1. The zero-order chi connectivity index (χ0) is 21.6. The Morgan fingerprint density at radius 1 is 1.14 bits per heavy atom. The van der Waals surface area contributed by atoms with Gasteiger partial charge in [0.15, 0.2) is 0 Å². The summed E-state index contributed by atoms with van der Waals surface area (Å²) in [4.78, 5) is 12.3. The summed E-state index contributed by atoms with van der Waals surface area (Å²) < 4.78 is 31.2. The molecule has 0 aromatic heterocycles. The normalized spacial score (nSPS) is 11.7. The molecule has 29 heavy (non-hydrogen) atoms. The van der Waals surface area contributed by atoms with Crippen LogP contribution in [0, 0.1) is 13.8 Å². The number of rotatable bonds is 8. The lowest BCUT2D eigenvalue weighted by Gasteiger charge is -2.25. The van der Waals surface area contributed by atoms with Crippen LogP contribution in [-0.2, 0) is 14.8 Å². The van der Waals surface area contributed by atoms with Crippen LogP contribution in [0.1, 0.15) is 30.5 Å². The predicted molar refractivity (Wildman–Crippen MR) is 116 cm³/mol. The fraction of sp³-hybridized carbons (Fsp3) is 0.333. The Morgan fingerprint density at radius 3 is 2.24 bits per heavy atom. The third-order valence-electron chi connectivity index (χ3n) is 4.03. The Labute approximate surface area is 172 Å². The highest BCUT2D eigenvalue weighted by molar-refractivity contribution is 7.92. The molecule has 7 nitrogen and oxygen atoms in total. The van der Waals surface area contributed by atoms with Crippen LogP contribution >= 0.6 is 0 Å². The number of carbonyl (C=O) groups is 1. The van der Waals surface area contributed by atoms with Crippen molar-refractivity contribution < 1.29 is 17.9 Å². The second kappa shape index (κ2) is 9.56. The molecule has 2 aromatic carbocycles. The van der Waals surface area contributed by atoms with Crippen molar-refractivity contribution in [2.75, 3.05) is 17.1 Å². The van der Waals surface area contributed by atoms with Gasteiger partial charge in [-0.15, -0.1) is 0 Å². The zero-order valence-corrected chi connectivity index (χ0v) is 18.2. The summed E-state index contributed by atoms with van der Waals surface area (Å²) in [6, 6.07) is 12.7. The molecule has 0 atom stereocenters. The number of nitrogens with one attached hydrogen (secondary N) is 1. The van der Waals surface area contributed by atoms with Gasteiger partial charge in [0.05, 0.1) is 24.3 Å². The number of amides is 1. The number of anilines is 1. The SMILES string of the molecule is Cc1cccc(C)c1N(CC(=O)N/N=C\c1ccc(OC(C)C)cc1)S(C)(=O)=O. The molecule has 0 aliphatic rings. The molecule has 156 valence electrons. The molecule has 0 heterocycles. The van der Waals surface area contributed by atoms with E-state index < -0.39 is 15.9 Å². The Balaban J connectivity index is 2.06. The highest BCUT2D eigenvalue weighted by Gasteiger charge is 2.23. The molecule has 0 saturated carbocycles. The van der Waals surface area contributed by atoms with E-state index in [0.717, 1.165) is 33.0 Å².